The molecule has 2 saturated heterocycles. The molecule has 8 heteroatoms. The van der Waals surface area contributed by atoms with Crippen molar-refractivity contribution in [3.8, 4) is 11.1 Å². The van der Waals surface area contributed by atoms with Crippen LogP contribution in [0.5, 0.6) is 0 Å². The molecule has 2 aromatic heterocycles. The molecule has 0 radical (unpaired) electrons. The van der Waals surface area contributed by atoms with Gasteiger partial charge in [0.05, 0.1) is 35.8 Å². The first-order chi connectivity index (χ1) is 15.6. The van der Waals surface area contributed by atoms with Gasteiger partial charge in [-0.3, -0.25) is 4.98 Å². The second-order valence-electron chi connectivity index (χ2n) is 8.58. The van der Waals surface area contributed by atoms with Gasteiger partial charge in [-0.1, -0.05) is 29.8 Å². The highest BCUT2D eigenvalue weighted by Gasteiger charge is 2.47. The Kier molecular flexibility index (Phi) is 6.07. The fourth-order valence-corrected chi connectivity index (χ4v) is 5.75. The Morgan fingerprint density at radius 3 is 2.56 bits per heavy atom. The van der Waals surface area contributed by atoms with E-state index in [4.69, 9.17) is 22.1 Å². The number of hydrogen-bond donors (Lipinski definition) is 1. The van der Waals surface area contributed by atoms with Crippen molar-refractivity contribution < 1.29 is 4.74 Å². The highest BCUT2D eigenvalue weighted by molar-refractivity contribution is 7.99. The minimum atomic E-state index is 0.114. The number of halogens is 1. The molecular formula is C24H26ClN5OS. The van der Waals surface area contributed by atoms with Crippen LogP contribution in [-0.4, -0.2) is 46.8 Å². The van der Waals surface area contributed by atoms with Gasteiger partial charge in [0.15, 0.2) is 5.16 Å². The van der Waals surface area contributed by atoms with Crippen molar-refractivity contribution in [1.29, 1.82) is 0 Å². The molecule has 2 aliphatic rings. The first-order valence-corrected chi connectivity index (χ1v) is 12.1. The van der Waals surface area contributed by atoms with Crippen molar-refractivity contribution in [2.75, 3.05) is 24.6 Å². The molecule has 0 saturated carbocycles. The monoisotopic (exact) mass is 467 g/mol. The third-order valence-corrected chi connectivity index (χ3v) is 8.20. The number of nitrogens with two attached hydrogens (primary N) is 1. The van der Waals surface area contributed by atoms with Crippen molar-refractivity contribution in [2.24, 2.45) is 11.1 Å². The number of pyridine rings is 1. The molecule has 0 bridgehead atoms. The lowest BCUT2D eigenvalue weighted by Gasteiger charge is -2.41. The fraction of sp³-hybridized carbons (Fsp3) is 0.375. The molecular weight excluding hydrogens is 442 g/mol. The SMILES string of the molecule is C[C@@H]1OCC2(CCN(c3cnc(Sc4cccc(-c5cccnc5)c4Cl)nc3)CC2)[C@H]1N. The van der Waals surface area contributed by atoms with Crippen molar-refractivity contribution in [3.63, 3.8) is 0 Å². The number of anilines is 1. The lowest BCUT2D eigenvalue weighted by Crippen LogP contribution is -2.50. The van der Waals surface area contributed by atoms with Crippen LogP contribution in [0, 0.1) is 5.41 Å². The van der Waals surface area contributed by atoms with Gasteiger partial charge in [-0.05, 0) is 43.7 Å². The van der Waals surface area contributed by atoms with Crippen LogP contribution in [0.2, 0.25) is 5.02 Å². The Labute approximate surface area is 197 Å². The van der Waals surface area contributed by atoms with Gasteiger partial charge in [-0.15, -0.1) is 0 Å². The van der Waals surface area contributed by atoms with E-state index in [-0.39, 0.29) is 17.6 Å². The first kappa shape index (κ1) is 21.6. The summed E-state index contributed by atoms with van der Waals surface area (Å²) in [6, 6.07) is 10.0. The van der Waals surface area contributed by atoms with E-state index in [1.807, 2.05) is 48.9 Å². The maximum atomic E-state index is 6.69. The van der Waals surface area contributed by atoms with Crippen molar-refractivity contribution in [3.05, 3.63) is 60.1 Å². The van der Waals surface area contributed by atoms with Crippen LogP contribution in [0.15, 0.2) is 65.2 Å². The number of hydrogen-bond acceptors (Lipinski definition) is 7. The van der Waals surface area contributed by atoms with E-state index in [1.165, 1.54) is 11.8 Å². The topological polar surface area (TPSA) is 77.2 Å². The number of benzene rings is 1. The third-order valence-electron chi connectivity index (χ3n) is 6.72. The van der Waals surface area contributed by atoms with Crippen LogP contribution >= 0.6 is 23.4 Å². The summed E-state index contributed by atoms with van der Waals surface area (Å²) in [4.78, 5) is 16.6. The van der Waals surface area contributed by atoms with E-state index in [1.54, 1.807) is 6.20 Å². The Morgan fingerprint density at radius 2 is 1.91 bits per heavy atom. The van der Waals surface area contributed by atoms with Crippen molar-refractivity contribution in [2.45, 2.75) is 42.0 Å². The zero-order valence-corrected chi connectivity index (χ0v) is 19.5. The molecule has 2 aliphatic heterocycles. The Hall–Kier alpha value is -2.19. The van der Waals surface area contributed by atoms with E-state index in [0.29, 0.717) is 10.2 Å². The van der Waals surface area contributed by atoms with Gasteiger partial charge in [-0.2, -0.15) is 0 Å². The normalized spacial score (nSPS) is 22.4. The summed E-state index contributed by atoms with van der Waals surface area (Å²) in [7, 11) is 0. The molecule has 0 aliphatic carbocycles. The Morgan fingerprint density at radius 1 is 1.12 bits per heavy atom. The number of ether oxygens (including phenoxy) is 1. The molecule has 0 amide bonds. The lowest BCUT2D eigenvalue weighted by molar-refractivity contribution is 0.0974. The number of piperidine rings is 1. The van der Waals surface area contributed by atoms with E-state index in [0.717, 1.165) is 54.2 Å². The maximum absolute atomic E-state index is 6.69. The quantitative estimate of drug-likeness (QED) is 0.558. The van der Waals surface area contributed by atoms with Gasteiger partial charge < -0.3 is 15.4 Å². The zero-order chi connectivity index (χ0) is 22.1. The second kappa shape index (κ2) is 8.98. The highest BCUT2D eigenvalue weighted by Crippen LogP contribution is 2.42. The average molecular weight is 468 g/mol. The van der Waals surface area contributed by atoms with Crippen LogP contribution in [0.1, 0.15) is 19.8 Å². The van der Waals surface area contributed by atoms with E-state index < -0.39 is 0 Å². The summed E-state index contributed by atoms with van der Waals surface area (Å²) in [5.74, 6) is 0. The van der Waals surface area contributed by atoms with E-state index >= 15 is 0 Å². The van der Waals surface area contributed by atoms with Gasteiger partial charge in [-0.25, -0.2) is 9.97 Å². The van der Waals surface area contributed by atoms with Crippen LogP contribution in [0.3, 0.4) is 0 Å². The molecule has 5 rings (SSSR count). The van der Waals surface area contributed by atoms with Crippen LogP contribution in [0.4, 0.5) is 5.69 Å². The van der Waals surface area contributed by atoms with Crippen LogP contribution in [-0.2, 0) is 4.74 Å². The highest BCUT2D eigenvalue weighted by atomic mass is 35.5. The van der Waals surface area contributed by atoms with Crippen LogP contribution < -0.4 is 10.6 Å². The molecule has 166 valence electrons. The summed E-state index contributed by atoms with van der Waals surface area (Å²) in [6.07, 6.45) is 9.58. The molecule has 1 spiro atoms. The standard InChI is InChI=1S/C24H26ClN5OS/c1-16-22(26)24(15-31-16)7-10-30(11-8-24)18-13-28-23(29-14-18)32-20-6-2-5-19(21(20)25)17-4-3-9-27-12-17/h2-6,9,12-14,16,22H,7-8,10-11,15,26H2,1H3/t16-,22-/m0/s1. The van der Waals surface area contributed by atoms with Gasteiger partial charge in [0, 0.05) is 53.0 Å². The molecule has 2 N–H and O–H groups in total. The number of nitrogens with zero attached hydrogens (tertiary/aromatic N) is 4. The smallest absolute Gasteiger partial charge is 0.192 e. The summed E-state index contributed by atoms with van der Waals surface area (Å²) < 4.78 is 5.83. The van der Waals surface area contributed by atoms with Gasteiger partial charge in [0.1, 0.15) is 0 Å². The van der Waals surface area contributed by atoms with Crippen molar-refractivity contribution in [1.82, 2.24) is 15.0 Å². The molecule has 2 atom stereocenters. The van der Waals surface area contributed by atoms with E-state index in [9.17, 15) is 0 Å². The number of aromatic nitrogens is 3. The zero-order valence-electron chi connectivity index (χ0n) is 17.9. The second-order valence-corrected chi connectivity index (χ2v) is 9.96. The predicted octanol–water partition coefficient (Wildman–Crippen LogP) is 4.68. The minimum Gasteiger partial charge on any atom is -0.376 e. The fourth-order valence-electron chi connectivity index (χ4n) is 4.64. The van der Waals surface area contributed by atoms with Crippen LogP contribution in [0.25, 0.3) is 11.1 Å². The summed E-state index contributed by atoms with van der Waals surface area (Å²) in [5.41, 5.74) is 9.53. The van der Waals surface area contributed by atoms with Gasteiger partial charge in [0.2, 0.25) is 0 Å². The first-order valence-electron chi connectivity index (χ1n) is 10.9. The average Bonchev–Trinajstić information content (AvgIpc) is 3.10. The summed E-state index contributed by atoms with van der Waals surface area (Å²) in [6.45, 7) is 4.74. The Balaban J connectivity index is 1.26. The Bertz CT molecular complexity index is 1070. The predicted molar refractivity (Wildman–Crippen MR) is 128 cm³/mol. The maximum Gasteiger partial charge on any atom is 0.192 e. The summed E-state index contributed by atoms with van der Waals surface area (Å²) in [5, 5.41) is 1.36. The molecule has 4 heterocycles. The summed E-state index contributed by atoms with van der Waals surface area (Å²) >= 11 is 8.16. The van der Waals surface area contributed by atoms with Gasteiger partial charge in [0.25, 0.3) is 0 Å². The third kappa shape index (κ3) is 4.10. The largest absolute Gasteiger partial charge is 0.376 e. The number of rotatable bonds is 4. The van der Waals surface area contributed by atoms with Crippen molar-refractivity contribution >= 4 is 29.1 Å². The molecule has 32 heavy (non-hydrogen) atoms. The van der Waals surface area contributed by atoms with E-state index in [2.05, 4.69) is 26.8 Å². The lowest BCUT2D eigenvalue weighted by atomic mass is 9.73. The molecule has 1 aromatic carbocycles. The van der Waals surface area contributed by atoms with Gasteiger partial charge >= 0.3 is 0 Å². The molecule has 0 unspecified atom stereocenters. The minimum absolute atomic E-state index is 0.114. The molecule has 6 nitrogen and oxygen atoms in total. The molecule has 3 aromatic rings. The molecule has 2 fully saturated rings.